The van der Waals surface area contributed by atoms with E-state index in [9.17, 15) is 9.59 Å². The molecule has 0 unspecified atom stereocenters. The maximum absolute atomic E-state index is 11.9. The van der Waals surface area contributed by atoms with Gasteiger partial charge in [-0.1, -0.05) is 36.2 Å². The van der Waals surface area contributed by atoms with Gasteiger partial charge in [0.15, 0.2) is 0 Å². The predicted octanol–water partition coefficient (Wildman–Crippen LogP) is 4.31. The van der Waals surface area contributed by atoms with Crippen LogP contribution in [-0.2, 0) is 9.59 Å². The van der Waals surface area contributed by atoms with Gasteiger partial charge in [0.1, 0.15) is 5.75 Å². The van der Waals surface area contributed by atoms with E-state index in [1.54, 1.807) is 18.2 Å². The number of nitrogens with one attached hydrogen (secondary N) is 2. The van der Waals surface area contributed by atoms with Crippen LogP contribution in [0.2, 0.25) is 5.02 Å². The lowest BCUT2D eigenvalue weighted by molar-refractivity contribution is -0.124. The zero-order chi connectivity index (χ0) is 20.4. The van der Waals surface area contributed by atoms with Crippen molar-refractivity contribution >= 4 is 35.3 Å². The van der Waals surface area contributed by atoms with E-state index >= 15 is 0 Å². The smallest absolute Gasteiger partial charge is 0.240 e. The predicted molar refractivity (Wildman–Crippen MR) is 112 cm³/mol. The number of carbonyl (C=O) groups excluding carboxylic acids is 2. The highest BCUT2D eigenvalue weighted by Gasteiger charge is 2.07. The molecule has 0 bridgehead atoms. The van der Waals surface area contributed by atoms with Crippen LogP contribution in [0.1, 0.15) is 37.3 Å². The first-order chi connectivity index (χ1) is 13.5. The van der Waals surface area contributed by atoms with Crippen molar-refractivity contribution in [2.45, 2.75) is 33.1 Å². The van der Waals surface area contributed by atoms with Gasteiger partial charge in [0.25, 0.3) is 0 Å². The Labute approximate surface area is 169 Å². The van der Waals surface area contributed by atoms with Crippen LogP contribution in [0.3, 0.4) is 0 Å². The van der Waals surface area contributed by atoms with E-state index < -0.39 is 0 Å². The van der Waals surface area contributed by atoms with Crippen molar-refractivity contribution in [2.24, 2.45) is 5.10 Å². The third-order valence-electron chi connectivity index (χ3n) is 3.74. The third-order valence-corrected chi connectivity index (χ3v) is 3.98. The standard InChI is InChI=1S/C21H24ClN3O3/c1-3-12-28-19-9-6-17(22)13-16(19)14-23-25-21(27)11-10-20(26)24-18-7-4-15(2)5-8-18/h4-9,13-14H,3,10-12H2,1-2H3,(H,24,26)(H,25,27). The summed E-state index contributed by atoms with van der Waals surface area (Å²) < 4.78 is 5.63. The Balaban J connectivity index is 1.81. The average Bonchev–Trinajstić information content (AvgIpc) is 2.67. The molecule has 0 fully saturated rings. The minimum atomic E-state index is -0.353. The molecule has 0 saturated carbocycles. The summed E-state index contributed by atoms with van der Waals surface area (Å²) in [6.07, 6.45) is 2.45. The Kier molecular flexibility index (Phi) is 8.49. The SMILES string of the molecule is CCCOc1ccc(Cl)cc1C=NNC(=O)CCC(=O)Nc1ccc(C)cc1. The Morgan fingerprint density at radius 2 is 1.82 bits per heavy atom. The van der Waals surface area contributed by atoms with Crippen molar-refractivity contribution in [1.82, 2.24) is 5.43 Å². The van der Waals surface area contributed by atoms with Crippen LogP contribution in [0.25, 0.3) is 0 Å². The van der Waals surface area contributed by atoms with Crippen LogP contribution in [0.15, 0.2) is 47.6 Å². The van der Waals surface area contributed by atoms with Crippen molar-refractivity contribution in [1.29, 1.82) is 0 Å². The Hall–Kier alpha value is -2.86. The zero-order valence-electron chi connectivity index (χ0n) is 16.0. The quantitative estimate of drug-likeness (QED) is 0.485. The first kappa shape index (κ1) is 21.4. The number of hydrazone groups is 1. The highest BCUT2D eigenvalue weighted by molar-refractivity contribution is 6.30. The molecule has 7 heteroatoms. The molecule has 148 valence electrons. The van der Waals surface area contributed by atoms with Crippen molar-refractivity contribution in [2.75, 3.05) is 11.9 Å². The summed E-state index contributed by atoms with van der Waals surface area (Å²) in [6.45, 7) is 4.56. The van der Waals surface area contributed by atoms with Crippen molar-refractivity contribution in [3.63, 3.8) is 0 Å². The lowest BCUT2D eigenvalue weighted by atomic mass is 10.2. The summed E-state index contributed by atoms with van der Waals surface area (Å²) >= 11 is 6.00. The fraction of sp³-hybridized carbons (Fsp3) is 0.286. The summed E-state index contributed by atoms with van der Waals surface area (Å²) in [6, 6.07) is 12.7. The van der Waals surface area contributed by atoms with E-state index in [0.29, 0.717) is 28.6 Å². The lowest BCUT2D eigenvalue weighted by Gasteiger charge is -2.08. The van der Waals surface area contributed by atoms with E-state index in [1.165, 1.54) is 6.21 Å². The van der Waals surface area contributed by atoms with Gasteiger partial charge in [-0.2, -0.15) is 5.10 Å². The van der Waals surface area contributed by atoms with Gasteiger partial charge < -0.3 is 10.1 Å². The molecule has 2 aromatic carbocycles. The molecule has 2 aromatic rings. The Morgan fingerprint density at radius 1 is 1.11 bits per heavy atom. The molecule has 0 aromatic heterocycles. The van der Waals surface area contributed by atoms with Gasteiger partial charge in [0.05, 0.1) is 12.8 Å². The number of halogens is 1. The largest absolute Gasteiger partial charge is 0.493 e. The number of aryl methyl sites for hydroxylation is 1. The lowest BCUT2D eigenvalue weighted by Crippen LogP contribution is -2.20. The van der Waals surface area contributed by atoms with Gasteiger partial charge in [0.2, 0.25) is 11.8 Å². The monoisotopic (exact) mass is 401 g/mol. The number of nitrogens with zero attached hydrogens (tertiary/aromatic N) is 1. The first-order valence-corrected chi connectivity index (χ1v) is 9.46. The average molecular weight is 402 g/mol. The van der Waals surface area contributed by atoms with Crippen LogP contribution in [0.5, 0.6) is 5.75 Å². The van der Waals surface area contributed by atoms with Gasteiger partial charge in [-0.3, -0.25) is 9.59 Å². The van der Waals surface area contributed by atoms with Gasteiger partial charge in [-0.25, -0.2) is 5.43 Å². The molecule has 0 aliphatic heterocycles. The second kappa shape index (κ2) is 11.1. The van der Waals surface area contributed by atoms with Crippen LogP contribution >= 0.6 is 11.6 Å². The van der Waals surface area contributed by atoms with Crippen molar-refractivity contribution in [3.8, 4) is 5.75 Å². The molecule has 0 atom stereocenters. The minimum Gasteiger partial charge on any atom is -0.493 e. The zero-order valence-corrected chi connectivity index (χ0v) is 16.8. The van der Waals surface area contributed by atoms with Crippen LogP contribution < -0.4 is 15.5 Å². The van der Waals surface area contributed by atoms with E-state index in [4.69, 9.17) is 16.3 Å². The summed E-state index contributed by atoms with van der Waals surface area (Å²) in [7, 11) is 0. The molecule has 0 aliphatic carbocycles. The van der Waals surface area contributed by atoms with Crippen LogP contribution in [-0.4, -0.2) is 24.6 Å². The number of hydrogen-bond donors (Lipinski definition) is 2. The molecule has 6 nitrogen and oxygen atoms in total. The molecule has 0 aliphatic rings. The number of amides is 2. The van der Waals surface area contributed by atoms with Gasteiger partial charge in [0, 0.05) is 29.1 Å². The summed E-state index contributed by atoms with van der Waals surface area (Å²) in [5, 5.41) is 7.22. The molecule has 2 N–H and O–H groups in total. The van der Waals surface area contributed by atoms with Crippen molar-refractivity contribution < 1.29 is 14.3 Å². The topological polar surface area (TPSA) is 79.8 Å². The highest BCUT2D eigenvalue weighted by Crippen LogP contribution is 2.21. The summed E-state index contributed by atoms with van der Waals surface area (Å²) in [5.74, 6) is 0.0585. The molecule has 0 heterocycles. The van der Waals surface area contributed by atoms with Gasteiger partial charge in [-0.15, -0.1) is 0 Å². The number of anilines is 1. The third kappa shape index (κ3) is 7.40. The molecule has 2 amide bonds. The molecular weight excluding hydrogens is 378 g/mol. The van der Waals surface area contributed by atoms with E-state index in [0.717, 1.165) is 12.0 Å². The van der Waals surface area contributed by atoms with E-state index in [2.05, 4.69) is 15.8 Å². The Morgan fingerprint density at radius 3 is 2.54 bits per heavy atom. The molecule has 0 saturated heterocycles. The van der Waals surface area contributed by atoms with E-state index in [1.807, 2.05) is 38.1 Å². The second-order valence-electron chi connectivity index (χ2n) is 6.24. The maximum Gasteiger partial charge on any atom is 0.240 e. The minimum absolute atomic E-state index is 0.0315. The first-order valence-electron chi connectivity index (χ1n) is 9.08. The molecule has 0 spiro atoms. The fourth-order valence-corrected chi connectivity index (χ4v) is 2.46. The van der Waals surface area contributed by atoms with Crippen LogP contribution in [0, 0.1) is 6.92 Å². The number of hydrogen-bond acceptors (Lipinski definition) is 4. The second-order valence-corrected chi connectivity index (χ2v) is 6.67. The normalized spacial score (nSPS) is 10.7. The number of carbonyl (C=O) groups is 2. The maximum atomic E-state index is 11.9. The number of ether oxygens (including phenoxy) is 1. The number of rotatable bonds is 9. The molecule has 0 radical (unpaired) electrons. The van der Waals surface area contributed by atoms with Gasteiger partial charge in [-0.05, 0) is 43.7 Å². The molecule has 2 rings (SSSR count). The molecule has 28 heavy (non-hydrogen) atoms. The van der Waals surface area contributed by atoms with E-state index in [-0.39, 0.29) is 24.7 Å². The Bertz CT molecular complexity index is 835. The van der Waals surface area contributed by atoms with Gasteiger partial charge >= 0.3 is 0 Å². The van der Waals surface area contributed by atoms with Crippen molar-refractivity contribution in [3.05, 3.63) is 58.6 Å². The summed E-state index contributed by atoms with van der Waals surface area (Å²) in [5.41, 5.74) is 4.89. The van der Waals surface area contributed by atoms with Crippen LogP contribution in [0.4, 0.5) is 5.69 Å². The number of benzene rings is 2. The molecular formula is C21H24ClN3O3. The fourth-order valence-electron chi connectivity index (χ4n) is 2.28. The highest BCUT2D eigenvalue weighted by atomic mass is 35.5. The summed E-state index contributed by atoms with van der Waals surface area (Å²) in [4.78, 5) is 23.8.